The summed E-state index contributed by atoms with van der Waals surface area (Å²) in [4.78, 5) is 19.2. The van der Waals surface area contributed by atoms with Crippen LogP contribution in [0.15, 0.2) is 36.5 Å². The molecule has 4 rings (SSSR count). The van der Waals surface area contributed by atoms with Gasteiger partial charge in [0.1, 0.15) is 0 Å². The molecule has 1 aromatic carbocycles. The van der Waals surface area contributed by atoms with Crippen LogP contribution in [0.1, 0.15) is 31.2 Å². The Morgan fingerprint density at radius 3 is 2.83 bits per heavy atom. The second-order valence-electron chi connectivity index (χ2n) is 7.73. The Balaban J connectivity index is 1.33. The van der Waals surface area contributed by atoms with E-state index < -0.39 is 0 Å². The topological polar surface area (TPSA) is 75.7 Å². The summed E-state index contributed by atoms with van der Waals surface area (Å²) in [5.74, 6) is 1.69. The SMILES string of the molecule is COc1cc(C)ccc1Oc1ccc(NC(=O)N[C@@H]2CCN3CCCC[C@H]23)cn1. The first-order valence-electron chi connectivity index (χ1n) is 10.2. The number of aromatic nitrogens is 1. The van der Waals surface area contributed by atoms with Crippen LogP contribution in [0.2, 0.25) is 0 Å². The number of amides is 2. The van der Waals surface area contributed by atoms with E-state index >= 15 is 0 Å². The van der Waals surface area contributed by atoms with Crippen LogP contribution in [0.25, 0.3) is 0 Å². The fourth-order valence-electron chi connectivity index (χ4n) is 4.24. The number of nitrogens with zero attached hydrogens (tertiary/aromatic N) is 2. The Labute approximate surface area is 171 Å². The highest BCUT2D eigenvalue weighted by molar-refractivity contribution is 5.89. The van der Waals surface area contributed by atoms with Crippen LogP contribution in [0, 0.1) is 6.92 Å². The van der Waals surface area contributed by atoms with E-state index in [1.807, 2.05) is 25.1 Å². The first kappa shape index (κ1) is 19.5. The third-order valence-corrected chi connectivity index (χ3v) is 5.70. The first-order valence-corrected chi connectivity index (χ1v) is 10.2. The molecular formula is C22H28N4O3. The number of ether oxygens (including phenoxy) is 2. The summed E-state index contributed by atoms with van der Waals surface area (Å²) in [7, 11) is 1.61. The molecule has 2 fully saturated rings. The van der Waals surface area contributed by atoms with E-state index in [4.69, 9.17) is 9.47 Å². The van der Waals surface area contributed by atoms with Gasteiger partial charge in [0.2, 0.25) is 5.88 Å². The summed E-state index contributed by atoms with van der Waals surface area (Å²) < 4.78 is 11.2. The normalized spacial score (nSPS) is 21.3. The van der Waals surface area contributed by atoms with E-state index in [0.29, 0.717) is 29.1 Å². The second kappa shape index (κ2) is 8.69. The lowest BCUT2D eigenvalue weighted by Gasteiger charge is -2.32. The van der Waals surface area contributed by atoms with Crippen LogP contribution < -0.4 is 20.1 Å². The lowest BCUT2D eigenvalue weighted by molar-refractivity contribution is 0.180. The Morgan fingerprint density at radius 2 is 2.03 bits per heavy atom. The molecule has 2 saturated heterocycles. The number of piperidine rings is 1. The van der Waals surface area contributed by atoms with Gasteiger partial charge in [-0.15, -0.1) is 0 Å². The molecule has 0 aliphatic carbocycles. The van der Waals surface area contributed by atoms with Gasteiger partial charge in [0, 0.05) is 24.7 Å². The number of urea groups is 1. The van der Waals surface area contributed by atoms with Gasteiger partial charge in [-0.05, 0) is 56.5 Å². The third kappa shape index (κ3) is 4.62. The maximum atomic E-state index is 12.4. The van der Waals surface area contributed by atoms with Gasteiger partial charge < -0.3 is 20.1 Å². The predicted octanol–water partition coefficient (Wildman–Crippen LogP) is 3.94. The fourth-order valence-corrected chi connectivity index (χ4v) is 4.24. The van der Waals surface area contributed by atoms with Crippen molar-refractivity contribution in [1.29, 1.82) is 0 Å². The van der Waals surface area contributed by atoms with Crippen LogP contribution in [-0.2, 0) is 0 Å². The van der Waals surface area contributed by atoms with Crippen molar-refractivity contribution in [2.75, 3.05) is 25.5 Å². The Hall–Kier alpha value is -2.80. The lowest BCUT2D eigenvalue weighted by Crippen LogP contribution is -2.47. The zero-order valence-electron chi connectivity index (χ0n) is 17.0. The summed E-state index contributed by atoms with van der Waals surface area (Å²) in [5.41, 5.74) is 1.72. The van der Waals surface area contributed by atoms with Gasteiger partial charge in [0.15, 0.2) is 11.5 Å². The molecule has 0 radical (unpaired) electrons. The second-order valence-corrected chi connectivity index (χ2v) is 7.73. The number of carbonyl (C=O) groups is 1. The van der Waals surface area contributed by atoms with Crippen molar-refractivity contribution in [3.63, 3.8) is 0 Å². The van der Waals surface area contributed by atoms with Gasteiger partial charge in [-0.1, -0.05) is 12.5 Å². The number of methoxy groups -OCH3 is 1. The van der Waals surface area contributed by atoms with Crippen LogP contribution in [0.3, 0.4) is 0 Å². The molecule has 3 heterocycles. The number of hydrogen-bond donors (Lipinski definition) is 2. The maximum Gasteiger partial charge on any atom is 0.319 e. The minimum Gasteiger partial charge on any atom is -0.493 e. The largest absolute Gasteiger partial charge is 0.493 e. The van der Waals surface area contributed by atoms with E-state index in [-0.39, 0.29) is 12.1 Å². The minimum absolute atomic E-state index is 0.182. The Bertz CT molecular complexity index is 856. The molecule has 7 nitrogen and oxygen atoms in total. The maximum absolute atomic E-state index is 12.4. The van der Waals surface area contributed by atoms with Crippen molar-refractivity contribution in [1.82, 2.24) is 15.2 Å². The number of carbonyl (C=O) groups excluding carboxylic acids is 1. The quantitative estimate of drug-likeness (QED) is 0.801. The summed E-state index contributed by atoms with van der Waals surface area (Å²) in [6, 6.07) is 9.75. The third-order valence-electron chi connectivity index (χ3n) is 5.70. The van der Waals surface area contributed by atoms with Crippen molar-refractivity contribution in [3.05, 3.63) is 42.1 Å². The number of aryl methyl sites for hydroxylation is 1. The zero-order chi connectivity index (χ0) is 20.2. The summed E-state index contributed by atoms with van der Waals surface area (Å²) in [5, 5.41) is 6.01. The molecule has 2 aliphatic heterocycles. The molecule has 1 aromatic heterocycles. The van der Waals surface area contributed by atoms with Crippen LogP contribution in [0.4, 0.5) is 10.5 Å². The standard InChI is InChI=1S/C22H28N4O3/c1-15-6-8-19(20(13-15)28-2)29-21-9-7-16(14-23-21)24-22(27)25-17-10-12-26-11-4-3-5-18(17)26/h6-9,13-14,17-18H,3-5,10-12H2,1-2H3,(H2,24,25,27)/t17-,18-/m1/s1. The molecule has 29 heavy (non-hydrogen) atoms. The van der Waals surface area contributed by atoms with Crippen molar-refractivity contribution in [3.8, 4) is 17.4 Å². The van der Waals surface area contributed by atoms with E-state index in [9.17, 15) is 4.79 Å². The number of anilines is 1. The van der Waals surface area contributed by atoms with E-state index in [1.54, 1.807) is 25.4 Å². The first-order chi connectivity index (χ1) is 14.1. The highest BCUT2D eigenvalue weighted by atomic mass is 16.5. The number of benzene rings is 1. The van der Waals surface area contributed by atoms with Gasteiger partial charge >= 0.3 is 6.03 Å². The highest BCUT2D eigenvalue weighted by Crippen LogP contribution is 2.31. The van der Waals surface area contributed by atoms with Gasteiger partial charge in [-0.25, -0.2) is 9.78 Å². The number of hydrogen-bond acceptors (Lipinski definition) is 5. The summed E-state index contributed by atoms with van der Waals surface area (Å²) in [6.45, 7) is 4.22. The van der Waals surface area contributed by atoms with Crippen molar-refractivity contribution < 1.29 is 14.3 Å². The van der Waals surface area contributed by atoms with Gasteiger partial charge in [0.05, 0.1) is 19.0 Å². The van der Waals surface area contributed by atoms with Crippen molar-refractivity contribution in [2.24, 2.45) is 0 Å². The van der Waals surface area contributed by atoms with E-state index in [1.165, 1.54) is 19.3 Å². The van der Waals surface area contributed by atoms with Crippen molar-refractivity contribution in [2.45, 2.75) is 44.7 Å². The molecule has 0 unspecified atom stereocenters. The van der Waals surface area contributed by atoms with Crippen LogP contribution >= 0.6 is 0 Å². The molecule has 2 N–H and O–H groups in total. The molecule has 2 aromatic rings. The van der Waals surface area contributed by atoms with Gasteiger partial charge in [-0.2, -0.15) is 0 Å². The minimum atomic E-state index is -0.182. The molecule has 0 spiro atoms. The molecule has 2 atom stereocenters. The van der Waals surface area contributed by atoms with E-state index in [2.05, 4.69) is 20.5 Å². The number of fused-ring (bicyclic) bond motifs is 1. The molecule has 2 amide bonds. The van der Waals surface area contributed by atoms with Crippen LogP contribution in [-0.4, -0.2) is 48.2 Å². The smallest absolute Gasteiger partial charge is 0.319 e. The number of pyridine rings is 1. The average Bonchev–Trinajstić information content (AvgIpc) is 3.13. The fraction of sp³-hybridized carbons (Fsp3) is 0.455. The number of rotatable bonds is 5. The monoisotopic (exact) mass is 396 g/mol. The molecule has 7 heteroatoms. The summed E-state index contributed by atoms with van der Waals surface area (Å²) >= 11 is 0. The Kier molecular flexibility index (Phi) is 5.85. The molecule has 154 valence electrons. The average molecular weight is 396 g/mol. The molecule has 2 aliphatic rings. The van der Waals surface area contributed by atoms with Crippen LogP contribution in [0.5, 0.6) is 17.4 Å². The predicted molar refractivity (Wildman–Crippen MR) is 112 cm³/mol. The Morgan fingerprint density at radius 1 is 1.14 bits per heavy atom. The highest BCUT2D eigenvalue weighted by Gasteiger charge is 2.36. The molecule has 0 saturated carbocycles. The molecule has 0 bridgehead atoms. The zero-order valence-corrected chi connectivity index (χ0v) is 17.0. The molecular weight excluding hydrogens is 368 g/mol. The van der Waals surface area contributed by atoms with E-state index in [0.717, 1.165) is 25.1 Å². The number of nitrogens with one attached hydrogen (secondary N) is 2. The summed E-state index contributed by atoms with van der Waals surface area (Å²) in [6.07, 6.45) is 6.29. The van der Waals surface area contributed by atoms with Gasteiger partial charge in [-0.3, -0.25) is 4.90 Å². The lowest BCUT2D eigenvalue weighted by atomic mass is 9.99. The van der Waals surface area contributed by atoms with Gasteiger partial charge in [0.25, 0.3) is 0 Å². The van der Waals surface area contributed by atoms with Crippen molar-refractivity contribution >= 4 is 11.7 Å².